The van der Waals surface area contributed by atoms with Crippen molar-refractivity contribution in [2.45, 2.75) is 39.3 Å². The average molecular weight is 461 g/mol. The molecular weight excluding hydrogens is 432 g/mol. The summed E-state index contributed by atoms with van der Waals surface area (Å²) in [4.78, 5) is 57.3. The normalized spacial score (nSPS) is 22.6. The van der Waals surface area contributed by atoms with Crippen LogP contribution < -0.4 is 10.6 Å². The number of aliphatic carboxylic acids is 1. The van der Waals surface area contributed by atoms with E-state index >= 15 is 0 Å². The minimum absolute atomic E-state index is 0.00491. The third-order valence-corrected chi connectivity index (χ3v) is 5.14. The highest BCUT2D eigenvalue weighted by atomic mass is 32.2. The van der Waals surface area contributed by atoms with Gasteiger partial charge < -0.3 is 30.0 Å². The van der Waals surface area contributed by atoms with Gasteiger partial charge in [-0.3, -0.25) is 19.2 Å². The predicted octanol–water partition coefficient (Wildman–Crippen LogP) is -0.160. The zero-order chi connectivity index (χ0) is 23.7. The number of thioether (sulfide) groups is 1. The lowest BCUT2D eigenvalue weighted by atomic mass is 9.85. The highest BCUT2D eigenvalue weighted by Crippen LogP contribution is 2.36. The second-order valence-electron chi connectivity index (χ2n) is 7.34. The lowest BCUT2D eigenvalue weighted by Crippen LogP contribution is -2.58. The molecule has 1 aliphatic heterocycles. The number of hydrogen-bond acceptors (Lipinski definition) is 9. The molecule has 0 aliphatic carbocycles. The summed E-state index contributed by atoms with van der Waals surface area (Å²) in [5, 5.41) is 13.5. The Balaban J connectivity index is 2.53. The number of carbonyl (C=O) groups excluding carboxylic acids is 4. The van der Waals surface area contributed by atoms with Crippen LogP contribution in [0.5, 0.6) is 0 Å². The van der Waals surface area contributed by atoms with Crippen molar-refractivity contribution in [3.8, 4) is 0 Å². The van der Waals surface area contributed by atoms with Gasteiger partial charge in [-0.05, 0) is 0 Å². The molecule has 0 spiro atoms. The molecule has 2 atom stereocenters. The third-order valence-electron chi connectivity index (χ3n) is 4.19. The number of amides is 2. The molecule has 12 heteroatoms. The lowest BCUT2D eigenvalue weighted by Gasteiger charge is -2.45. The third kappa shape index (κ3) is 8.77. The first-order chi connectivity index (χ1) is 14.4. The van der Waals surface area contributed by atoms with E-state index in [0.29, 0.717) is 0 Å². The molecule has 0 radical (unpaired) electrons. The number of Topliss-reactive ketones (excluding diaryl/α,β-unsaturated/α-hetero) is 1. The van der Waals surface area contributed by atoms with Gasteiger partial charge in [-0.2, -0.15) is 0 Å². The summed E-state index contributed by atoms with van der Waals surface area (Å²) in [5.74, 6) is -4.17. The van der Waals surface area contributed by atoms with Crippen LogP contribution in [0.1, 0.15) is 27.2 Å². The summed E-state index contributed by atoms with van der Waals surface area (Å²) in [6.45, 7) is 4.96. The highest BCUT2D eigenvalue weighted by molar-refractivity contribution is 8.15. The molecule has 31 heavy (non-hydrogen) atoms. The van der Waals surface area contributed by atoms with Crippen molar-refractivity contribution >= 4 is 40.4 Å². The number of carboxylic acids is 1. The summed E-state index contributed by atoms with van der Waals surface area (Å²) in [6, 6.07) is 0. The standard InChI is InChI=1S/C19H28N2O9S/c1-12(22)17(27)31-10-9-20-13(23)6-8-21-16(26)15-18(2,3)11-29-19(28-4,30-15)7-5-14(24)25/h5,7,15H,6,8-11H2,1-4H3,(H,20,23)(H,21,26)(H,24,25)/b7-5+/t15-,19?/m0/s1. The minimum atomic E-state index is -1.82. The molecule has 1 unspecified atom stereocenters. The number of ketones is 1. The van der Waals surface area contributed by atoms with Crippen molar-refractivity contribution in [2.24, 2.45) is 5.41 Å². The van der Waals surface area contributed by atoms with Crippen LogP contribution in [-0.2, 0) is 38.2 Å². The Labute approximate surface area is 184 Å². The van der Waals surface area contributed by atoms with E-state index in [2.05, 4.69) is 10.6 Å². The zero-order valence-corrected chi connectivity index (χ0v) is 18.7. The van der Waals surface area contributed by atoms with Crippen molar-refractivity contribution in [3.63, 3.8) is 0 Å². The molecule has 0 bridgehead atoms. The van der Waals surface area contributed by atoms with Crippen LogP contribution in [0, 0.1) is 5.41 Å². The molecule has 11 nitrogen and oxygen atoms in total. The molecule has 1 rings (SSSR count). The highest BCUT2D eigenvalue weighted by Gasteiger charge is 2.49. The Kier molecular flexibility index (Phi) is 10.3. The van der Waals surface area contributed by atoms with E-state index in [0.717, 1.165) is 23.9 Å². The quantitative estimate of drug-likeness (QED) is 0.215. The number of carbonyl (C=O) groups is 5. The van der Waals surface area contributed by atoms with Crippen LogP contribution in [0.3, 0.4) is 0 Å². The molecule has 0 aromatic carbocycles. The topological polar surface area (TPSA) is 157 Å². The van der Waals surface area contributed by atoms with E-state index < -0.39 is 40.3 Å². The van der Waals surface area contributed by atoms with Gasteiger partial charge in [0.15, 0.2) is 0 Å². The second kappa shape index (κ2) is 11.9. The van der Waals surface area contributed by atoms with E-state index in [4.69, 9.17) is 19.3 Å². The fourth-order valence-corrected chi connectivity index (χ4v) is 3.07. The van der Waals surface area contributed by atoms with Crippen LogP contribution in [0.15, 0.2) is 12.2 Å². The van der Waals surface area contributed by atoms with E-state index in [1.807, 2.05) is 0 Å². The van der Waals surface area contributed by atoms with Crippen molar-refractivity contribution in [1.29, 1.82) is 0 Å². The largest absolute Gasteiger partial charge is 0.478 e. The average Bonchev–Trinajstić information content (AvgIpc) is 2.70. The van der Waals surface area contributed by atoms with Crippen molar-refractivity contribution < 1.29 is 43.3 Å². The van der Waals surface area contributed by atoms with Crippen molar-refractivity contribution in [2.75, 3.05) is 32.6 Å². The number of hydrogen-bond donors (Lipinski definition) is 3. The number of methoxy groups -OCH3 is 1. The second-order valence-corrected chi connectivity index (χ2v) is 8.41. The predicted molar refractivity (Wildman–Crippen MR) is 110 cm³/mol. The van der Waals surface area contributed by atoms with Gasteiger partial charge in [-0.1, -0.05) is 25.6 Å². The number of nitrogens with one attached hydrogen (secondary N) is 2. The Morgan fingerprint density at radius 1 is 1.19 bits per heavy atom. The molecular formula is C19H28N2O9S. The SMILES string of the molecule is COC1(/C=C/C(=O)O)OCC(C)(C)[C@H](C(=O)NCCC(=O)NCCSC(=O)C(C)=O)O1. The van der Waals surface area contributed by atoms with Gasteiger partial charge >= 0.3 is 11.9 Å². The number of carboxylic acid groups (broad SMARTS) is 1. The maximum Gasteiger partial charge on any atom is 0.328 e. The molecule has 1 saturated heterocycles. The molecule has 3 N–H and O–H groups in total. The van der Waals surface area contributed by atoms with Crippen LogP contribution in [0.4, 0.5) is 0 Å². The maximum atomic E-state index is 12.6. The van der Waals surface area contributed by atoms with Gasteiger partial charge in [0.1, 0.15) is 6.10 Å². The molecule has 1 aliphatic rings. The summed E-state index contributed by atoms with van der Waals surface area (Å²) >= 11 is 0.826. The van der Waals surface area contributed by atoms with Gasteiger partial charge in [0.05, 0.1) is 6.61 Å². The first kappa shape index (κ1) is 26.8. The lowest BCUT2D eigenvalue weighted by molar-refractivity contribution is -0.396. The Morgan fingerprint density at radius 3 is 2.45 bits per heavy atom. The summed E-state index contributed by atoms with van der Waals surface area (Å²) in [5.41, 5.74) is -0.744. The van der Waals surface area contributed by atoms with Crippen molar-refractivity contribution in [1.82, 2.24) is 10.6 Å². The molecule has 0 aromatic rings. The minimum Gasteiger partial charge on any atom is -0.478 e. The van der Waals surface area contributed by atoms with Crippen LogP contribution in [0.25, 0.3) is 0 Å². The van der Waals surface area contributed by atoms with E-state index in [-0.39, 0.29) is 37.8 Å². The number of ether oxygens (including phenoxy) is 3. The van der Waals surface area contributed by atoms with Gasteiger partial charge in [-0.15, -0.1) is 0 Å². The molecule has 174 valence electrons. The molecule has 1 heterocycles. The maximum absolute atomic E-state index is 12.6. The van der Waals surface area contributed by atoms with E-state index in [1.165, 1.54) is 14.0 Å². The van der Waals surface area contributed by atoms with E-state index in [9.17, 15) is 24.0 Å². The first-order valence-corrected chi connectivity index (χ1v) is 10.4. The monoisotopic (exact) mass is 460 g/mol. The molecule has 2 amide bonds. The van der Waals surface area contributed by atoms with Crippen LogP contribution >= 0.6 is 11.8 Å². The van der Waals surface area contributed by atoms with Gasteiger partial charge in [0, 0.05) is 56.9 Å². The Bertz CT molecular complexity index is 738. The summed E-state index contributed by atoms with van der Waals surface area (Å²) < 4.78 is 16.3. The van der Waals surface area contributed by atoms with E-state index in [1.54, 1.807) is 13.8 Å². The molecule has 1 fully saturated rings. The Hall–Kier alpha value is -2.28. The summed E-state index contributed by atoms with van der Waals surface area (Å²) in [7, 11) is 1.26. The van der Waals surface area contributed by atoms with Gasteiger partial charge in [-0.25, -0.2) is 4.79 Å². The summed E-state index contributed by atoms with van der Waals surface area (Å²) in [6.07, 6.45) is 0.822. The molecule has 0 saturated carbocycles. The fourth-order valence-electron chi connectivity index (χ4n) is 2.48. The van der Waals surface area contributed by atoms with Gasteiger partial charge in [0.2, 0.25) is 17.6 Å². The van der Waals surface area contributed by atoms with Gasteiger partial charge in [0.25, 0.3) is 5.12 Å². The van der Waals surface area contributed by atoms with Crippen molar-refractivity contribution in [3.05, 3.63) is 12.2 Å². The van der Waals surface area contributed by atoms with Crippen LogP contribution in [0.2, 0.25) is 0 Å². The zero-order valence-electron chi connectivity index (χ0n) is 17.9. The smallest absolute Gasteiger partial charge is 0.328 e. The first-order valence-electron chi connectivity index (χ1n) is 9.43. The van der Waals surface area contributed by atoms with Crippen LogP contribution in [-0.4, -0.2) is 78.4 Å². The molecule has 0 aromatic heterocycles. The number of rotatable bonds is 11. The fraction of sp³-hybridized carbons (Fsp3) is 0.632. The Morgan fingerprint density at radius 2 is 1.87 bits per heavy atom.